The van der Waals surface area contributed by atoms with Crippen molar-refractivity contribution in [2.75, 3.05) is 6.54 Å². The van der Waals surface area contributed by atoms with E-state index in [4.69, 9.17) is 16.3 Å². The van der Waals surface area contributed by atoms with Gasteiger partial charge in [0.15, 0.2) is 0 Å². The second kappa shape index (κ2) is 4.01. The van der Waals surface area contributed by atoms with Crippen LogP contribution in [0.25, 0.3) is 0 Å². The molecule has 0 aliphatic carbocycles. The lowest BCUT2D eigenvalue weighted by Gasteiger charge is -2.09. The monoisotopic (exact) mass is 245 g/mol. The molecule has 1 unspecified atom stereocenters. The van der Waals surface area contributed by atoms with Gasteiger partial charge in [-0.25, -0.2) is 9.59 Å². The number of carbonyl (C=O) groups is 1. The topological polar surface area (TPSA) is 93.2 Å². The first kappa shape index (κ1) is 10.7. The fourth-order valence-electron chi connectivity index (χ4n) is 1.37. The number of rotatable bonds is 2. The molecule has 16 heavy (non-hydrogen) atoms. The molecule has 1 amide bonds. The molecule has 2 N–H and O–H groups in total. The minimum atomic E-state index is -0.635. The normalized spacial score (nSPS) is 19.3. The van der Waals surface area contributed by atoms with Gasteiger partial charge in [0.1, 0.15) is 11.1 Å². The zero-order valence-corrected chi connectivity index (χ0v) is 8.78. The first-order valence-electron chi connectivity index (χ1n) is 4.50. The predicted octanol–water partition coefficient (Wildman–Crippen LogP) is -0.702. The molecule has 1 aromatic heterocycles. The van der Waals surface area contributed by atoms with E-state index in [1.54, 1.807) is 0 Å². The Kier molecular flexibility index (Phi) is 2.69. The van der Waals surface area contributed by atoms with Crippen LogP contribution in [0.15, 0.2) is 15.8 Å². The lowest BCUT2D eigenvalue weighted by atomic mass is 10.3. The summed E-state index contributed by atoms with van der Waals surface area (Å²) in [6.45, 7) is 0.468. The third-order valence-corrected chi connectivity index (χ3v) is 2.38. The van der Waals surface area contributed by atoms with Crippen LogP contribution in [0.2, 0.25) is 5.02 Å². The number of halogens is 1. The standard InChI is InChI=1S/C8H8ClN3O4/c9-5-3-12(7(14)11-6(5)13)2-4-1-10-8(15)16-4/h3-4H,1-2H2,(H,10,15)(H,11,13,14). The van der Waals surface area contributed by atoms with E-state index < -0.39 is 23.4 Å². The summed E-state index contributed by atoms with van der Waals surface area (Å²) in [5, 5.41) is 2.37. The molecular weight excluding hydrogens is 238 g/mol. The Bertz CT molecular complexity index is 535. The van der Waals surface area contributed by atoms with Crippen LogP contribution < -0.4 is 16.6 Å². The van der Waals surface area contributed by atoms with Crippen LogP contribution in [0.5, 0.6) is 0 Å². The number of alkyl carbamates (subject to hydrolysis) is 1. The van der Waals surface area contributed by atoms with Gasteiger partial charge in [-0.1, -0.05) is 11.6 Å². The van der Waals surface area contributed by atoms with Crippen LogP contribution in [0, 0.1) is 0 Å². The fraction of sp³-hybridized carbons (Fsp3) is 0.375. The van der Waals surface area contributed by atoms with Crippen molar-refractivity contribution in [3.63, 3.8) is 0 Å². The van der Waals surface area contributed by atoms with Crippen molar-refractivity contribution < 1.29 is 9.53 Å². The average molecular weight is 246 g/mol. The summed E-state index contributed by atoms with van der Waals surface area (Å²) in [4.78, 5) is 35.1. The zero-order valence-electron chi connectivity index (χ0n) is 8.03. The van der Waals surface area contributed by atoms with Gasteiger partial charge in [0.05, 0.1) is 13.1 Å². The molecular formula is C8H8ClN3O4. The summed E-state index contributed by atoms with van der Waals surface area (Å²) in [6, 6.07) is 0. The Morgan fingerprint density at radius 2 is 2.25 bits per heavy atom. The number of hydrogen-bond acceptors (Lipinski definition) is 4. The Hall–Kier alpha value is -1.76. The summed E-state index contributed by atoms with van der Waals surface area (Å²) in [5.74, 6) is 0. The number of aromatic nitrogens is 2. The molecule has 0 aromatic carbocycles. The lowest BCUT2D eigenvalue weighted by Crippen LogP contribution is -2.34. The number of amides is 1. The second-order valence-electron chi connectivity index (χ2n) is 3.30. The van der Waals surface area contributed by atoms with E-state index in [-0.39, 0.29) is 11.6 Å². The smallest absolute Gasteiger partial charge is 0.407 e. The van der Waals surface area contributed by atoms with E-state index in [0.717, 1.165) is 0 Å². The van der Waals surface area contributed by atoms with Crippen LogP contribution in [0.4, 0.5) is 4.79 Å². The van der Waals surface area contributed by atoms with Crippen molar-refractivity contribution in [1.82, 2.24) is 14.9 Å². The van der Waals surface area contributed by atoms with Gasteiger partial charge in [0, 0.05) is 6.20 Å². The molecule has 1 aliphatic rings. The van der Waals surface area contributed by atoms with E-state index in [2.05, 4.69) is 10.3 Å². The largest absolute Gasteiger partial charge is 0.442 e. The Morgan fingerprint density at radius 3 is 2.88 bits per heavy atom. The third kappa shape index (κ3) is 2.08. The molecule has 0 spiro atoms. The SMILES string of the molecule is O=C1NCC(Cn2cc(Cl)c(=O)[nH]c2=O)O1. The van der Waals surface area contributed by atoms with Crippen LogP contribution >= 0.6 is 11.6 Å². The summed E-state index contributed by atoms with van der Waals surface area (Å²) in [5.41, 5.74) is -1.22. The van der Waals surface area contributed by atoms with Gasteiger partial charge in [-0.05, 0) is 0 Å². The summed E-state index contributed by atoms with van der Waals surface area (Å²) < 4.78 is 6.03. The van der Waals surface area contributed by atoms with Crippen molar-refractivity contribution >= 4 is 17.7 Å². The quantitative estimate of drug-likeness (QED) is 0.720. The van der Waals surface area contributed by atoms with Gasteiger partial charge < -0.3 is 10.1 Å². The molecule has 1 saturated heterocycles. The molecule has 1 aliphatic heterocycles. The average Bonchev–Trinajstić information content (AvgIpc) is 2.60. The van der Waals surface area contributed by atoms with Gasteiger partial charge in [-0.3, -0.25) is 14.3 Å². The van der Waals surface area contributed by atoms with Crippen LogP contribution in [-0.4, -0.2) is 28.3 Å². The first-order valence-corrected chi connectivity index (χ1v) is 4.88. The van der Waals surface area contributed by atoms with Crippen molar-refractivity contribution in [2.24, 2.45) is 0 Å². The number of carbonyl (C=O) groups excluding carboxylic acids is 1. The molecule has 2 rings (SSSR count). The summed E-state index contributed by atoms with van der Waals surface area (Å²) in [7, 11) is 0. The molecule has 0 saturated carbocycles. The van der Waals surface area contributed by atoms with Crippen molar-refractivity contribution in [3.05, 3.63) is 32.1 Å². The maximum absolute atomic E-state index is 11.3. The lowest BCUT2D eigenvalue weighted by molar-refractivity contribution is 0.130. The van der Waals surface area contributed by atoms with Crippen molar-refractivity contribution in [2.45, 2.75) is 12.6 Å². The number of nitrogens with zero attached hydrogens (tertiary/aromatic N) is 1. The van der Waals surface area contributed by atoms with Crippen LogP contribution in [0.1, 0.15) is 0 Å². The maximum atomic E-state index is 11.3. The van der Waals surface area contributed by atoms with Gasteiger partial charge >= 0.3 is 11.8 Å². The van der Waals surface area contributed by atoms with Gasteiger partial charge in [-0.15, -0.1) is 0 Å². The van der Waals surface area contributed by atoms with Crippen molar-refractivity contribution in [3.8, 4) is 0 Å². The maximum Gasteiger partial charge on any atom is 0.407 e. The number of H-pyrrole nitrogens is 1. The molecule has 86 valence electrons. The molecule has 0 radical (unpaired) electrons. The van der Waals surface area contributed by atoms with E-state index in [1.165, 1.54) is 10.8 Å². The molecule has 1 aromatic rings. The predicted molar refractivity (Wildman–Crippen MR) is 54.6 cm³/mol. The third-order valence-electron chi connectivity index (χ3n) is 2.12. The van der Waals surface area contributed by atoms with Crippen LogP contribution in [0.3, 0.4) is 0 Å². The minimum Gasteiger partial charge on any atom is -0.442 e. The number of ether oxygens (including phenoxy) is 1. The number of aromatic amines is 1. The highest BCUT2D eigenvalue weighted by atomic mass is 35.5. The van der Waals surface area contributed by atoms with E-state index >= 15 is 0 Å². The van der Waals surface area contributed by atoms with Crippen molar-refractivity contribution in [1.29, 1.82) is 0 Å². The number of cyclic esters (lactones) is 1. The van der Waals surface area contributed by atoms with E-state index in [9.17, 15) is 14.4 Å². The molecule has 7 nitrogen and oxygen atoms in total. The second-order valence-corrected chi connectivity index (χ2v) is 3.70. The van der Waals surface area contributed by atoms with Gasteiger partial charge in [0.25, 0.3) is 5.56 Å². The Balaban J connectivity index is 2.22. The minimum absolute atomic E-state index is 0.0862. The first-order chi connectivity index (χ1) is 7.56. The van der Waals surface area contributed by atoms with Crippen LogP contribution in [-0.2, 0) is 11.3 Å². The number of hydrogen-bond donors (Lipinski definition) is 2. The molecule has 8 heteroatoms. The molecule has 1 fully saturated rings. The molecule has 0 bridgehead atoms. The van der Waals surface area contributed by atoms with E-state index in [0.29, 0.717) is 6.54 Å². The number of nitrogens with one attached hydrogen (secondary N) is 2. The summed E-state index contributed by atoms with van der Waals surface area (Å²) >= 11 is 5.57. The van der Waals surface area contributed by atoms with Gasteiger partial charge in [0.2, 0.25) is 0 Å². The molecule has 1 atom stereocenters. The highest BCUT2D eigenvalue weighted by molar-refractivity contribution is 6.30. The Morgan fingerprint density at radius 1 is 1.50 bits per heavy atom. The fourth-order valence-corrected chi connectivity index (χ4v) is 1.54. The summed E-state index contributed by atoms with van der Waals surface area (Å²) in [6.07, 6.45) is 0.259. The molecule has 2 heterocycles. The highest BCUT2D eigenvalue weighted by Gasteiger charge is 2.23. The van der Waals surface area contributed by atoms with Gasteiger partial charge in [-0.2, -0.15) is 0 Å². The zero-order chi connectivity index (χ0) is 11.7. The Labute approximate surface area is 94.0 Å². The van der Waals surface area contributed by atoms with E-state index in [1.807, 2.05) is 0 Å². The highest BCUT2D eigenvalue weighted by Crippen LogP contribution is 2.03.